The van der Waals surface area contributed by atoms with Gasteiger partial charge in [-0.2, -0.15) is 0 Å². The number of nitrogens with zero attached hydrogens (tertiary/aromatic N) is 1. The van der Waals surface area contributed by atoms with Crippen LogP contribution in [0.2, 0.25) is 0 Å². The number of hydrogen-bond donors (Lipinski definition) is 2. The van der Waals surface area contributed by atoms with E-state index in [1.807, 2.05) is 0 Å². The van der Waals surface area contributed by atoms with Gasteiger partial charge in [0.1, 0.15) is 5.67 Å². The molecular weight excluding hydrogens is 272 g/mol. The average molecular weight is 287 g/mol. The monoisotopic (exact) mass is 287 g/mol. The summed E-state index contributed by atoms with van der Waals surface area (Å²) in [6, 6.07) is 0. The van der Waals surface area contributed by atoms with E-state index in [1.54, 1.807) is 0 Å². The molecule has 0 radical (unpaired) electrons. The molecule has 0 unspecified atom stereocenters. The lowest BCUT2D eigenvalue weighted by Gasteiger charge is -2.33. The van der Waals surface area contributed by atoms with Crippen LogP contribution in [0.5, 0.6) is 0 Å². The van der Waals surface area contributed by atoms with E-state index in [4.69, 9.17) is 11.5 Å². The van der Waals surface area contributed by atoms with Crippen molar-refractivity contribution in [3.63, 3.8) is 0 Å². The summed E-state index contributed by atoms with van der Waals surface area (Å²) in [4.78, 5) is 3.72. The van der Waals surface area contributed by atoms with Gasteiger partial charge in [-0.3, -0.25) is 4.99 Å². The van der Waals surface area contributed by atoms with Crippen LogP contribution in [-0.2, 0) is 0 Å². The van der Waals surface area contributed by atoms with Gasteiger partial charge in [0, 0.05) is 13.0 Å². The zero-order chi connectivity index (χ0) is 8.32. The van der Waals surface area contributed by atoms with E-state index >= 15 is 0 Å². The molecular formula is C7H15FIN3. The Morgan fingerprint density at radius 1 is 1.42 bits per heavy atom. The zero-order valence-electron chi connectivity index (χ0n) is 6.92. The molecule has 3 nitrogen and oxygen atoms in total. The number of rotatable bonds is 3. The molecule has 4 N–H and O–H groups in total. The molecule has 0 bridgehead atoms. The fourth-order valence-corrected chi connectivity index (χ4v) is 1.20. The average Bonchev–Trinajstić information content (AvgIpc) is 1.83. The van der Waals surface area contributed by atoms with Crippen LogP contribution in [0.4, 0.5) is 4.39 Å². The number of nitrogens with two attached hydrogens (primary N) is 2. The van der Waals surface area contributed by atoms with E-state index in [2.05, 4.69) is 4.99 Å². The van der Waals surface area contributed by atoms with E-state index in [0.29, 0.717) is 25.8 Å². The second-order valence-corrected chi connectivity index (χ2v) is 3.06. The van der Waals surface area contributed by atoms with Crippen LogP contribution in [0.3, 0.4) is 0 Å². The minimum absolute atomic E-state index is 0. The summed E-state index contributed by atoms with van der Waals surface area (Å²) in [6.07, 6.45) is 2.81. The Balaban J connectivity index is 0.00000121. The standard InChI is InChI=1S/C7H14FN3.HI/c8-7(2-1-3-7)4-5-11-6(9)10;/h1-5H2,(H4,9,10,11);1H. The second-order valence-electron chi connectivity index (χ2n) is 3.06. The number of guanidine groups is 1. The van der Waals surface area contributed by atoms with E-state index in [9.17, 15) is 4.39 Å². The van der Waals surface area contributed by atoms with Gasteiger partial charge in [-0.1, -0.05) is 0 Å². The lowest BCUT2D eigenvalue weighted by atomic mass is 9.80. The predicted octanol–water partition coefficient (Wildman–Crippen LogP) is 1.16. The Morgan fingerprint density at radius 2 is 2.00 bits per heavy atom. The van der Waals surface area contributed by atoms with Gasteiger partial charge in [0.15, 0.2) is 5.96 Å². The Bertz CT molecular complexity index is 164. The first-order valence-electron chi connectivity index (χ1n) is 3.87. The number of alkyl halides is 1. The van der Waals surface area contributed by atoms with Gasteiger partial charge < -0.3 is 11.5 Å². The van der Waals surface area contributed by atoms with Crippen LogP contribution in [-0.4, -0.2) is 18.2 Å². The fourth-order valence-electron chi connectivity index (χ4n) is 1.20. The second kappa shape index (κ2) is 4.84. The molecule has 0 heterocycles. The van der Waals surface area contributed by atoms with Gasteiger partial charge in [-0.15, -0.1) is 24.0 Å². The van der Waals surface area contributed by atoms with Crippen molar-refractivity contribution in [2.45, 2.75) is 31.4 Å². The molecule has 0 aliphatic heterocycles. The van der Waals surface area contributed by atoms with Crippen molar-refractivity contribution in [2.24, 2.45) is 16.5 Å². The predicted molar refractivity (Wildman–Crippen MR) is 58.4 cm³/mol. The van der Waals surface area contributed by atoms with Crippen LogP contribution in [0, 0.1) is 0 Å². The number of halogens is 2. The molecule has 0 saturated heterocycles. The molecule has 0 atom stereocenters. The Kier molecular flexibility index (Phi) is 4.81. The summed E-state index contributed by atoms with van der Waals surface area (Å²) in [5.74, 6) is 0.0490. The van der Waals surface area contributed by atoms with Crippen molar-refractivity contribution >= 4 is 29.9 Å². The molecule has 0 aromatic heterocycles. The maximum Gasteiger partial charge on any atom is 0.185 e. The summed E-state index contributed by atoms with van der Waals surface area (Å²) in [5, 5.41) is 0. The van der Waals surface area contributed by atoms with Gasteiger partial charge in [0.25, 0.3) is 0 Å². The highest BCUT2D eigenvalue weighted by Crippen LogP contribution is 2.38. The molecule has 0 aromatic rings. The van der Waals surface area contributed by atoms with Crippen LogP contribution in [0.25, 0.3) is 0 Å². The van der Waals surface area contributed by atoms with Crippen molar-refractivity contribution in [1.29, 1.82) is 0 Å². The first kappa shape index (κ1) is 11.9. The lowest BCUT2D eigenvalue weighted by molar-refractivity contribution is 0.0568. The largest absolute Gasteiger partial charge is 0.370 e. The van der Waals surface area contributed by atoms with Crippen molar-refractivity contribution in [3.05, 3.63) is 0 Å². The highest BCUT2D eigenvalue weighted by molar-refractivity contribution is 14.0. The van der Waals surface area contributed by atoms with E-state index in [0.717, 1.165) is 6.42 Å². The van der Waals surface area contributed by atoms with Crippen molar-refractivity contribution in [3.8, 4) is 0 Å². The molecule has 1 aliphatic rings. The third-order valence-electron chi connectivity index (χ3n) is 2.10. The first-order chi connectivity index (χ1) is 5.12. The molecule has 0 aromatic carbocycles. The van der Waals surface area contributed by atoms with Gasteiger partial charge in [-0.25, -0.2) is 4.39 Å². The Morgan fingerprint density at radius 3 is 2.33 bits per heavy atom. The van der Waals surface area contributed by atoms with Gasteiger partial charge in [-0.05, 0) is 19.3 Å². The number of hydrogen-bond acceptors (Lipinski definition) is 1. The summed E-state index contributed by atoms with van der Waals surface area (Å²) in [7, 11) is 0. The van der Waals surface area contributed by atoms with Gasteiger partial charge in [0.2, 0.25) is 0 Å². The first-order valence-corrected chi connectivity index (χ1v) is 3.87. The third kappa shape index (κ3) is 3.55. The molecule has 5 heteroatoms. The summed E-state index contributed by atoms with van der Waals surface area (Å²) in [5.41, 5.74) is 9.21. The normalized spacial score (nSPS) is 18.8. The van der Waals surface area contributed by atoms with E-state index < -0.39 is 5.67 Å². The van der Waals surface area contributed by atoms with Crippen LogP contribution in [0.1, 0.15) is 25.7 Å². The highest BCUT2D eigenvalue weighted by atomic mass is 127. The van der Waals surface area contributed by atoms with Crippen LogP contribution in [0.15, 0.2) is 4.99 Å². The molecule has 1 rings (SSSR count). The molecule has 12 heavy (non-hydrogen) atoms. The molecule has 0 amide bonds. The van der Waals surface area contributed by atoms with Crippen LogP contribution >= 0.6 is 24.0 Å². The molecule has 72 valence electrons. The van der Waals surface area contributed by atoms with Crippen LogP contribution < -0.4 is 11.5 Å². The topological polar surface area (TPSA) is 64.4 Å². The molecule has 1 aliphatic carbocycles. The SMILES string of the molecule is I.NC(N)=NCCC1(F)CCC1. The minimum Gasteiger partial charge on any atom is -0.370 e. The molecule has 1 saturated carbocycles. The van der Waals surface area contributed by atoms with Gasteiger partial charge in [0.05, 0.1) is 0 Å². The molecule has 1 fully saturated rings. The summed E-state index contributed by atoms with van der Waals surface area (Å²) >= 11 is 0. The maximum atomic E-state index is 13.2. The smallest absolute Gasteiger partial charge is 0.185 e. The number of aliphatic imine (C=N–C) groups is 1. The molecule has 0 spiro atoms. The quantitative estimate of drug-likeness (QED) is 0.465. The summed E-state index contributed by atoms with van der Waals surface area (Å²) in [6.45, 7) is 0.416. The maximum absolute atomic E-state index is 13.2. The van der Waals surface area contributed by atoms with Crippen molar-refractivity contribution < 1.29 is 4.39 Å². The van der Waals surface area contributed by atoms with Gasteiger partial charge >= 0.3 is 0 Å². The Labute approximate surface area is 88.8 Å². The zero-order valence-corrected chi connectivity index (χ0v) is 9.25. The van der Waals surface area contributed by atoms with E-state index in [-0.39, 0.29) is 29.9 Å². The fraction of sp³-hybridized carbons (Fsp3) is 0.857. The minimum atomic E-state index is -0.959. The van der Waals surface area contributed by atoms with Crippen molar-refractivity contribution in [2.75, 3.05) is 6.54 Å². The lowest BCUT2D eigenvalue weighted by Crippen LogP contribution is -2.33. The Hall–Kier alpha value is -0.0700. The summed E-state index contributed by atoms with van der Waals surface area (Å²) < 4.78 is 13.2. The van der Waals surface area contributed by atoms with Crippen molar-refractivity contribution in [1.82, 2.24) is 0 Å². The van der Waals surface area contributed by atoms with E-state index in [1.165, 1.54) is 0 Å². The highest BCUT2D eigenvalue weighted by Gasteiger charge is 2.35. The third-order valence-corrected chi connectivity index (χ3v) is 2.10.